The van der Waals surface area contributed by atoms with E-state index in [1.165, 1.54) is 24.0 Å². The molecule has 0 spiro atoms. The molecule has 0 radical (unpaired) electrons. The summed E-state index contributed by atoms with van der Waals surface area (Å²) in [7, 11) is 0. The SMILES string of the molecule is CCCCCNC(=O)NCCc1cccc(C)c1. The van der Waals surface area contributed by atoms with Crippen molar-refractivity contribution in [1.82, 2.24) is 10.6 Å². The molecule has 18 heavy (non-hydrogen) atoms. The fourth-order valence-electron chi connectivity index (χ4n) is 1.83. The summed E-state index contributed by atoms with van der Waals surface area (Å²) in [6.07, 6.45) is 4.28. The molecule has 0 fully saturated rings. The summed E-state index contributed by atoms with van der Waals surface area (Å²) < 4.78 is 0. The summed E-state index contributed by atoms with van der Waals surface area (Å²) >= 11 is 0. The first-order valence-corrected chi connectivity index (χ1v) is 6.79. The summed E-state index contributed by atoms with van der Waals surface area (Å²) in [5.41, 5.74) is 2.53. The number of nitrogens with one attached hydrogen (secondary N) is 2. The third kappa shape index (κ3) is 6.28. The molecular weight excluding hydrogens is 224 g/mol. The molecule has 0 atom stereocenters. The Bertz CT molecular complexity index is 363. The van der Waals surface area contributed by atoms with Gasteiger partial charge in [0.1, 0.15) is 0 Å². The summed E-state index contributed by atoms with van der Waals surface area (Å²) in [5.74, 6) is 0. The van der Waals surface area contributed by atoms with Crippen LogP contribution in [0.2, 0.25) is 0 Å². The van der Waals surface area contributed by atoms with Crippen LogP contribution in [0.3, 0.4) is 0 Å². The molecule has 0 heterocycles. The zero-order chi connectivity index (χ0) is 13.2. The van der Waals surface area contributed by atoms with Gasteiger partial charge in [-0.25, -0.2) is 4.79 Å². The van der Waals surface area contributed by atoms with E-state index in [4.69, 9.17) is 0 Å². The highest BCUT2D eigenvalue weighted by Gasteiger charge is 1.99. The second-order valence-corrected chi connectivity index (χ2v) is 4.63. The highest BCUT2D eigenvalue weighted by Crippen LogP contribution is 2.03. The molecule has 0 bridgehead atoms. The van der Waals surface area contributed by atoms with Crippen LogP contribution in [0.4, 0.5) is 4.79 Å². The van der Waals surface area contributed by atoms with Crippen molar-refractivity contribution in [2.24, 2.45) is 0 Å². The first-order valence-electron chi connectivity index (χ1n) is 6.79. The standard InChI is InChI=1S/C15H24N2O/c1-3-4-5-10-16-15(18)17-11-9-14-8-6-7-13(2)12-14/h6-8,12H,3-5,9-11H2,1-2H3,(H2,16,17,18). The maximum absolute atomic E-state index is 11.4. The number of unbranched alkanes of at least 4 members (excludes halogenated alkanes) is 2. The minimum absolute atomic E-state index is 0.0567. The first kappa shape index (κ1) is 14.6. The van der Waals surface area contributed by atoms with Crippen LogP contribution in [-0.4, -0.2) is 19.1 Å². The Morgan fingerprint density at radius 1 is 1.17 bits per heavy atom. The number of hydrogen-bond acceptors (Lipinski definition) is 1. The van der Waals surface area contributed by atoms with E-state index in [-0.39, 0.29) is 6.03 Å². The van der Waals surface area contributed by atoms with Gasteiger partial charge in [-0.05, 0) is 25.3 Å². The number of carbonyl (C=O) groups excluding carboxylic acids is 1. The van der Waals surface area contributed by atoms with Gasteiger partial charge in [-0.1, -0.05) is 49.6 Å². The smallest absolute Gasteiger partial charge is 0.314 e. The lowest BCUT2D eigenvalue weighted by Gasteiger charge is -2.07. The summed E-state index contributed by atoms with van der Waals surface area (Å²) in [6.45, 7) is 5.69. The van der Waals surface area contributed by atoms with Crippen molar-refractivity contribution in [1.29, 1.82) is 0 Å². The normalized spacial score (nSPS) is 10.1. The third-order valence-corrected chi connectivity index (χ3v) is 2.85. The number of benzene rings is 1. The van der Waals surface area contributed by atoms with E-state index in [1.807, 2.05) is 0 Å². The van der Waals surface area contributed by atoms with Gasteiger partial charge in [-0.15, -0.1) is 0 Å². The lowest BCUT2D eigenvalue weighted by Crippen LogP contribution is -2.37. The van der Waals surface area contributed by atoms with Gasteiger partial charge in [-0.2, -0.15) is 0 Å². The average molecular weight is 248 g/mol. The predicted octanol–water partition coefficient (Wildman–Crippen LogP) is 3.03. The molecule has 3 heteroatoms. The molecule has 2 N–H and O–H groups in total. The van der Waals surface area contributed by atoms with Crippen molar-refractivity contribution in [3.05, 3.63) is 35.4 Å². The molecule has 3 nitrogen and oxygen atoms in total. The number of carbonyl (C=O) groups is 1. The molecular formula is C15H24N2O. The summed E-state index contributed by atoms with van der Waals surface area (Å²) in [6, 6.07) is 8.32. The minimum Gasteiger partial charge on any atom is -0.338 e. The van der Waals surface area contributed by atoms with E-state index in [1.54, 1.807) is 0 Å². The van der Waals surface area contributed by atoms with Gasteiger partial charge in [0.25, 0.3) is 0 Å². The molecule has 1 rings (SSSR count). The minimum atomic E-state index is -0.0567. The Morgan fingerprint density at radius 3 is 2.67 bits per heavy atom. The van der Waals surface area contributed by atoms with Crippen molar-refractivity contribution < 1.29 is 4.79 Å². The number of rotatable bonds is 7. The molecule has 0 aliphatic carbocycles. The van der Waals surface area contributed by atoms with Gasteiger partial charge in [0.2, 0.25) is 0 Å². The molecule has 0 saturated carbocycles. The highest BCUT2D eigenvalue weighted by atomic mass is 16.2. The molecule has 0 aliphatic heterocycles. The maximum Gasteiger partial charge on any atom is 0.314 e. The van der Waals surface area contributed by atoms with E-state index < -0.39 is 0 Å². The zero-order valence-electron chi connectivity index (χ0n) is 11.5. The Morgan fingerprint density at radius 2 is 1.94 bits per heavy atom. The first-order chi connectivity index (χ1) is 8.72. The van der Waals surface area contributed by atoms with E-state index in [0.29, 0.717) is 6.54 Å². The topological polar surface area (TPSA) is 41.1 Å². The van der Waals surface area contributed by atoms with Gasteiger partial charge >= 0.3 is 6.03 Å². The van der Waals surface area contributed by atoms with Crippen LogP contribution in [0.1, 0.15) is 37.3 Å². The fraction of sp³-hybridized carbons (Fsp3) is 0.533. The second kappa shape index (κ2) is 8.56. The largest absolute Gasteiger partial charge is 0.338 e. The van der Waals surface area contributed by atoms with Crippen LogP contribution in [0.25, 0.3) is 0 Å². The summed E-state index contributed by atoms with van der Waals surface area (Å²) in [5, 5.41) is 5.74. The van der Waals surface area contributed by atoms with Crippen molar-refractivity contribution in [2.45, 2.75) is 39.5 Å². The van der Waals surface area contributed by atoms with Gasteiger partial charge in [0.15, 0.2) is 0 Å². The predicted molar refractivity (Wildman–Crippen MR) is 75.8 cm³/mol. The summed E-state index contributed by atoms with van der Waals surface area (Å²) in [4.78, 5) is 11.4. The van der Waals surface area contributed by atoms with Crippen LogP contribution >= 0.6 is 0 Å². The van der Waals surface area contributed by atoms with Crippen LogP contribution in [0.5, 0.6) is 0 Å². The molecule has 1 aromatic carbocycles. The third-order valence-electron chi connectivity index (χ3n) is 2.85. The molecule has 0 aliphatic rings. The van der Waals surface area contributed by atoms with Gasteiger partial charge < -0.3 is 10.6 Å². The lowest BCUT2D eigenvalue weighted by molar-refractivity contribution is 0.241. The molecule has 0 unspecified atom stereocenters. The van der Waals surface area contributed by atoms with Crippen molar-refractivity contribution >= 4 is 6.03 Å². The molecule has 100 valence electrons. The van der Waals surface area contributed by atoms with E-state index in [9.17, 15) is 4.79 Å². The van der Waals surface area contributed by atoms with Gasteiger partial charge in [0.05, 0.1) is 0 Å². The lowest BCUT2D eigenvalue weighted by atomic mass is 10.1. The van der Waals surface area contributed by atoms with Crippen LogP contribution in [-0.2, 0) is 6.42 Å². The van der Waals surface area contributed by atoms with Crippen molar-refractivity contribution in [3.8, 4) is 0 Å². The second-order valence-electron chi connectivity index (χ2n) is 4.63. The molecule has 1 aromatic rings. The average Bonchev–Trinajstić information content (AvgIpc) is 2.35. The van der Waals surface area contributed by atoms with Crippen LogP contribution in [0, 0.1) is 6.92 Å². The Hall–Kier alpha value is -1.51. The van der Waals surface area contributed by atoms with Gasteiger partial charge in [0, 0.05) is 13.1 Å². The van der Waals surface area contributed by atoms with E-state index in [2.05, 4.69) is 48.7 Å². The molecule has 0 aromatic heterocycles. The van der Waals surface area contributed by atoms with Crippen molar-refractivity contribution in [2.75, 3.05) is 13.1 Å². The Labute approximate surface area is 110 Å². The van der Waals surface area contributed by atoms with E-state index >= 15 is 0 Å². The molecule has 0 saturated heterocycles. The van der Waals surface area contributed by atoms with Crippen LogP contribution in [0.15, 0.2) is 24.3 Å². The maximum atomic E-state index is 11.4. The zero-order valence-corrected chi connectivity index (χ0v) is 11.5. The Balaban J connectivity index is 2.12. The molecule has 2 amide bonds. The quantitative estimate of drug-likeness (QED) is 0.715. The number of urea groups is 1. The number of amides is 2. The van der Waals surface area contributed by atoms with Crippen molar-refractivity contribution in [3.63, 3.8) is 0 Å². The Kier molecular flexibility index (Phi) is 6.92. The number of hydrogen-bond donors (Lipinski definition) is 2. The fourth-order valence-corrected chi connectivity index (χ4v) is 1.83. The van der Waals surface area contributed by atoms with E-state index in [0.717, 1.165) is 19.4 Å². The number of aryl methyl sites for hydroxylation is 1. The highest BCUT2D eigenvalue weighted by molar-refractivity contribution is 5.73. The monoisotopic (exact) mass is 248 g/mol. The van der Waals surface area contributed by atoms with Crippen LogP contribution < -0.4 is 10.6 Å². The van der Waals surface area contributed by atoms with Gasteiger partial charge in [-0.3, -0.25) is 0 Å².